The molecule has 0 aliphatic carbocycles. The number of fused-ring (bicyclic) bond motifs is 1. The topological polar surface area (TPSA) is 85.9 Å². The number of carbonyl (C=O) groups excluding carboxylic acids is 1. The molecule has 0 saturated heterocycles. The molecule has 0 fully saturated rings. The first kappa shape index (κ1) is 15.1. The molecule has 5 heteroatoms. The number of aromatic nitrogens is 1. The second kappa shape index (κ2) is 6.42. The first-order valence-corrected chi connectivity index (χ1v) is 6.98. The first-order chi connectivity index (χ1) is 10.0. The highest BCUT2D eigenvalue weighted by Crippen LogP contribution is 2.19. The number of carbonyl (C=O) groups is 1. The third kappa shape index (κ3) is 3.23. The summed E-state index contributed by atoms with van der Waals surface area (Å²) in [5.74, 6) is -0.136. The second-order valence-corrected chi connectivity index (χ2v) is 5.33. The van der Waals surface area contributed by atoms with Crippen LogP contribution in [0.3, 0.4) is 0 Å². The lowest BCUT2D eigenvalue weighted by Crippen LogP contribution is -2.46. The van der Waals surface area contributed by atoms with Crippen molar-refractivity contribution in [3.8, 4) is 6.07 Å². The summed E-state index contributed by atoms with van der Waals surface area (Å²) >= 11 is 0. The Labute approximate surface area is 124 Å². The number of nitrogens with one attached hydrogen (secondary N) is 1. The molecule has 0 radical (unpaired) electrons. The minimum absolute atomic E-state index is 0.128. The molecule has 1 amide bonds. The van der Waals surface area contributed by atoms with E-state index in [-0.39, 0.29) is 11.9 Å². The van der Waals surface area contributed by atoms with Crippen LogP contribution in [0.15, 0.2) is 30.5 Å². The molecule has 1 aromatic carbocycles. The maximum atomic E-state index is 12.3. The number of hydrogen-bond acceptors (Lipinski definition) is 3. The predicted octanol–water partition coefficient (Wildman–Crippen LogP) is 1.80. The molecule has 110 valence electrons. The largest absolute Gasteiger partial charge is 0.361 e. The number of benzene rings is 1. The number of amides is 1. The normalized spacial score (nSPS) is 13.6. The highest BCUT2D eigenvalue weighted by molar-refractivity contribution is 5.86. The van der Waals surface area contributed by atoms with Crippen LogP contribution in [0.4, 0.5) is 0 Å². The van der Waals surface area contributed by atoms with Gasteiger partial charge in [-0.2, -0.15) is 5.26 Å². The molecule has 0 aliphatic rings. The SMILES string of the molecule is CC(CC#N)N(C)C(=O)[C@@H](N)Cc1c[nH]c2ccccc12. The summed E-state index contributed by atoms with van der Waals surface area (Å²) in [4.78, 5) is 17.0. The van der Waals surface area contributed by atoms with Gasteiger partial charge in [-0.1, -0.05) is 18.2 Å². The van der Waals surface area contributed by atoms with E-state index in [1.165, 1.54) is 0 Å². The summed E-state index contributed by atoms with van der Waals surface area (Å²) in [6.07, 6.45) is 2.69. The van der Waals surface area contributed by atoms with E-state index in [2.05, 4.69) is 11.1 Å². The minimum Gasteiger partial charge on any atom is -0.361 e. The first-order valence-electron chi connectivity index (χ1n) is 6.98. The van der Waals surface area contributed by atoms with Crippen molar-refractivity contribution >= 4 is 16.8 Å². The summed E-state index contributed by atoms with van der Waals surface area (Å²) in [5.41, 5.74) is 8.12. The van der Waals surface area contributed by atoms with Crippen molar-refractivity contribution in [2.75, 3.05) is 7.05 Å². The zero-order valence-electron chi connectivity index (χ0n) is 12.3. The Morgan fingerprint density at radius 3 is 2.90 bits per heavy atom. The highest BCUT2D eigenvalue weighted by atomic mass is 16.2. The molecule has 21 heavy (non-hydrogen) atoms. The maximum Gasteiger partial charge on any atom is 0.239 e. The second-order valence-electron chi connectivity index (χ2n) is 5.33. The van der Waals surface area contributed by atoms with Crippen LogP contribution in [0, 0.1) is 11.3 Å². The molecular formula is C16H20N4O. The van der Waals surface area contributed by atoms with Crippen molar-refractivity contribution < 1.29 is 4.79 Å². The Balaban J connectivity index is 2.09. The van der Waals surface area contributed by atoms with Gasteiger partial charge >= 0.3 is 0 Å². The average Bonchev–Trinajstić information content (AvgIpc) is 2.89. The van der Waals surface area contributed by atoms with E-state index in [1.807, 2.05) is 37.4 Å². The fraction of sp³-hybridized carbons (Fsp3) is 0.375. The lowest BCUT2D eigenvalue weighted by atomic mass is 10.0. The number of aromatic amines is 1. The molecule has 2 aromatic rings. The number of nitrogens with two attached hydrogens (primary N) is 1. The Morgan fingerprint density at radius 2 is 2.19 bits per heavy atom. The van der Waals surface area contributed by atoms with Crippen molar-refractivity contribution in [1.29, 1.82) is 5.26 Å². The van der Waals surface area contributed by atoms with Crippen molar-refractivity contribution in [3.63, 3.8) is 0 Å². The van der Waals surface area contributed by atoms with E-state index in [0.29, 0.717) is 12.8 Å². The molecule has 0 saturated carbocycles. The van der Waals surface area contributed by atoms with E-state index in [4.69, 9.17) is 11.0 Å². The Hall–Kier alpha value is -2.32. The van der Waals surface area contributed by atoms with Gasteiger partial charge in [0.05, 0.1) is 18.5 Å². The molecule has 1 unspecified atom stereocenters. The summed E-state index contributed by atoms with van der Waals surface area (Å²) < 4.78 is 0. The van der Waals surface area contributed by atoms with Gasteiger partial charge in [-0.25, -0.2) is 0 Å². The van der Waals surface area contributed by atoms with E-state index < -0.39 is 6.04 Å². The highest BCUT2D eigenvalue weighted by Gasteiger charge is 2.22. The quantitative estimate of drug-likeness (QED) is 0.877. The molecule has 1 aromatic heterocycles. The van der Waals surface area contributed by atoms with Crippen molar-refractivity contribution in [2.24, 2.45) is 5.73 Å². The molecule has 0 spiro atoms. The van der Waals surface area contributed by atoms with Crippen molar-refractivity contribution in [2.45, 2.75) is 31.8 Å². The minimum atomic E-state index is -0.602. The average molecular weight is 284 g/mol. The Morgan fingerprint density at radius 1 is 1.48 bits per heavy atom. The lowest BCUT2D eigenvalue weighted by molar-refractivity contribution is -0.132. The van der Waals surface area contributed by atoms with Gasteiger partial charge in [0.2, 0.25) is 5.91 Å². The molecule has 0 bridgehead atoms. The molecular weight excluding hydrogens is 264 g/mol. The zero-order valence-corrected chi connectivity index (χ0v) is 12.3. The fourth-order valence-electron chi connectivity index (χ4n) is 2.37. The number of rotatable bonds is 5. The van der Waals surface area contributed by atoms with Crippen molar-refractivity contribution in [3.05, 3.63) is 36.0 Å². The van der Waals surface area contributed by atoms with Crippen LogP contribution in [-0.4, -0.2) is 34.9 Å². The van der Waals surface area contributed by atoms with Gasteiger partial charge in [0.15, 0.2) is 0 Å². The molecule has 5 nitrogen and oxygen atoms in total. The molecule has 3 N–H and O–H groups in total. The van der Waals surface area contributed by atoms with Gasteiger partial charge in [-0.15, -0.1) is 0 Å². The van der Waals surface area contributed by atoms with Gasteiger partial charge in [0.1, 0.15) is 0 Å². The maximum absolute atomic E-state index is 12.3. The number of nitriles is 1. The predicted molar refractivity (Wildman–Crippen MR) is 82.4 cm³/mol. The van der Waals surface area contributed by atoms with Crippen LogP contribution >= 0.6 is 0 Å². The van der Waals surface area contributed by atoms with E-state index in [1.54, 1.807) is 11.9 Å². The molecule has 2 atom stereocenters. The summed E-state index contributed by atoms with van der Waals surface area (Å²) in [5, 5.41) is 9.80. The van der Waals surface area contributed by atoms with Crippen molar-refractivity contribution in [1.82, 2.24) is 9.88 Å². The lowest BCUT2D eigenvalue weighted by Gasteiger charge is -2.26. The van der Waals surface area contributed by atoms with Crippen LogP contribution in [0.5, 0.6) is 0 Å². The van der Waals surface area contributed by atoms with Gasteiger partial charge in [-0.3, -0.25) is 4.79 Å². The molecule has 0 aliphatic heterocycles. The molecule has 2 rings (SSSR count). The Kier molecular flexibility index (Phi) is 4.61. The number of nitrogens with zero attached hydrogens (tertiary/aromatic N) is 2. The summed E-state index contributed by atoms with van der Waals surface area (Å²) in [7, 11) is 1.69. The van der Waals surface area contributed by atoms with Gasteiger partial charge in [-0.05, 0) is 25.0 Å². The van der Waals surface area contributed by atoms with Gasteiger partial charge < -0.3 is 15.6 Å². The third-order valence-corrected chi connectivity index (χ3v) is 3.83. The zero-order chi connectivity index (χ0) is 15.4. The van der Waals surface area contributed by atoms with Crippen LogP contribution in [0.1, 0.15) is 18.9 Å². The standard InChI is InChI=1S/C16H20N4O/c1-11(7-8-17)20(2)16(21)14(18)9-12-10-19-15-6-4-3-5-13(12)15/h3-6,10-11,14,19H,7,9,18H2,1-2H3/t11?,14-/m0/s1. The monoisotopic (exact) mass is 284 g/mol. The summed E-state index contributed by atoms with van der Waals surface area (Å²) in [6, 6.07) is 9.28. The van der Waals surface area contributed by atoms with Crippen LogP contribution in [-0.2, 0) is 11.2 Å². The third-order valence-electron chi connectivity index (χ3n) is 3.83. The number of H-pyrrole nitrogens is 1. The summed E-state index contributed by atoms with van der Waals surface area (Å²) in [6.45, 7) is 1.85. The van der Waals surface area contributed by atoms with Crippen LogP contribution in [0.25, 0.3) is 10.9 Å². The van der Waals surface area contributed by atoms with Crippen LogP contribution in [0.2, 0.25) is 0 Å². The number of hydrogen-bond donors (Lipinski definition) is 2. The molecule has 1 heterocycles. The van der Waals surface area contributed by atoms with E-state index in [0.717, 1.165) is 16.5 Å². The van der Waals surface area contributed by atoms with Gasteiger partial charge in [0, 0.05) is 30.2 Å². The van der Waals surface area contributed by atoms with E-state index >= 15 is 0 Å². The number of likely N-dealkylation sites (N-methyl/N-ethyl adjacent to an activating group) is 1. The Bertz CT molecular complexity index is 670. The van der Waals surface area contributed by atoms with Crippen LogP contribution < -0.4 is 5.73 Å². The number of para-hydroxylation sites is 1. The van der Waals surface area contributed by atoms with Gasteiger partial charge in [0.25, 0.3) is 0 Å². The fourth-order valence-corrected chi connectivity index (χ4v) is 2.37. The smallest absolute Gasteiger partial charge is 0.239 e. The van der Waals surface area contributed by atoms with E-state index in [9.17, 15) is 4.79 Å².